The fraction of sp³-hybridized carbons (Fsp3) is 0.400. The van der Waals surface area contributed by atoms with Gasteiger partial charge in [0.25, 0.3) is 0 Å². The fourth-order valence-electron chi connectivity index (χ4n) is 1.15. The zero-order valence-corrected chi connectivity index (χ0v) is 10.0. The van der Waals surface area contributed by atoms with Crippen LogP contribution in [0.1, 0.15) is 12.8 Å². The molecule has 0 amide bonds. The number of rotatable bonds is 6. The second-order valence-corrected chi connectivity index (χ2v) is 3.87. The van der Waals surface area contributed by atoms with Crippen molar-refractivity contribution in [2.24, 2.45) is 0 Å². The zero-order valence-electron chi connectivity index (χ0n) is 8.49. The molecule has 0 bridgehead atoms. The maximum atomic E-state index is 10.7. The van der Waals surface area contributed by atoms with Crippen molar-refractivity contribution in [3.8, 4) is 5.75 Å². The molecule has 0 spiro atoms. The van der Waals surface area contributed by atoms with E-state index in [0.717, 1.165) is 12.8 Å². The summed E-state index contributed by atoms with van der Waals surface area (Å²) in [6, 6.07) is 4.44. The van der Waals surface area contributed by atoms with Gasteiger partial charge in [-0.05, 0) is 18.9 Å². The topological polar surface area (TPSA) is 52.4 Å². The summed E-state index contributed by atoms with van der Waals surface area (Å²) in [5, 5.41) is 11.0. The van der Waals surface area contributed by atoms with Gasteiger partial charge in [0.1, 0.15) is 0 Å². The van der Waals surface area contributed by atoms with Gasteiger partial charge in [0.05, 0.1) is 16.6 Å². The van der Waals surface area contributed by atoms with Crippen molar-refractivity contribution in [2.75, 3.05) is 12.5 Å². The molecule has 88 valence electrons. The lowest BCUT2D eigenvalue weighted by Crippen LogP contribution is -2.01. The highest BCUT2D eigenvalue weighted by Gasteiger charge is 2.17. The molecule has 0 radical (unpaired) electrons. The molecule has 0 saturated heterocycles. The van der Waals surface area contributed by atoms with E-state index in [-0.39, 0.29) is 16.5 Å². The highest BCUT2D eigenvalue weighted by atomic mass is 35.5. The van der Waals surface area contributed by atoms with E-state index >= 15 is 0 Å². The van der Waals surface area contributed by atoms with E-state index in [4.69, 9.17) is 27.9 Å². The second kappa shape index (κ2) is 6.55. The van der Waals surface area contributed by atoms with Gasteiger partial charge in [0, 0.05) is 11.9 Å². The number of hydrogen-bond acceptors (Lipinski definition) is 3. The molecule has 0 heterocycles. The maximum absolute atomic E-state index is 10.7. The third kappa shape index (κ3) is 3.54. The highest BCUT2D eigenvalue weighted by molar-refractivity contribution is 6.32. The Balaban J connectivity index is 2.73. The van der Waals surface area contributed by atoms with Crippen molar-refractivity contribution < 1.29 is 9.66 Å². The molecule has 0 N–H and O–H groups in total. The predicted molar refractivity (Wildman–Crippen MR) is 63.6 cm³/mol. The van der Waals surface area contributed by atoms with E-state index in [9.17, 15) is 10.1 Å². The molecule has 0 aliphatic rings. The molecule has 4 nitrogen and oxygen atoms in total. The number of hydrogen-bond donors (Lipinski definition) is 0. The van der Waals surface area contributed by atoms with Gasteiger partial charge in [-0.2, -0.15) is 0 Å². The lowest BCUT2D eigenvalue weighted by molar-refractivity contribution is -0.385. The lowest BCUT2D eigenvalue weighted by Gasteiger charge is -2.07. The van der Waals surface area contributed by atoms with Gasteiger partial charge in [-0.25, -0.2) is 0 Å². The van der Waals surface area contributed by atoms with E-state index in [1.54, 1.807) is 6.07 Å². The van der Waals surface area contributed by atoms with Crippen LogP contribution in [-0.2, 0) is 0 Å². The standard InChI is InChI=1S/C10H11Cl2NO3/c11-6-1-2-7-16-10-8(12)4-3-5-9(10)13(14)15/h3-5H,1-2,6-7H2. The fourth-order valence-corrected chi connectivity index (χ4v) is 1.57. The number of nitrogens with zero attached hydrogens (tertiary/aromatic N) is 1. The van der Waals surface area contributed by atoms with Crippen LogP contribution < -0.4 is 4.74 Å². The molecule has 16 heavy (non-hydrogen) atoms. The van der Waals surface area contributed by atoms with Crippen LogP contribution in [0, 0.1) is 10.1 Å². The van der Waals surface area contributed by atoms with Crippen LogP contribution in [-0.4, -0.2) is 17.4 Å². The number of alkyl halides is 1. The molecule has 0 saturated carbocycles. The van der Waals surface area contributed by atoms with Crippen LogP contribution in [0.3, 0.4) is 0 Å². The number of unbranched alkanes of at least 4 members (excludes halogenated alkanes) is 1. The minimum atomic E-state index is -0.511. The maximum Gasteiger partial charge on any atom is 0.312 e. The smallest absolute Gasteiger partial charge is 0.312 e. The van der Waals surface area contributed by atoms with Crippen LogP contribution in [0.4, 0.5) is 5.69 Å². The summed E-state index contributed by atoms with van der Waals surface area (Å²) >= 11 is 11.3. The van der Waals surface area contributed by atoms with E-state index in [1.807, 2.05) is 0 Å². The molecule has 1 aromatic carbocycles. The first-order chi connectivity index (χ1) is 7.66. The number of halogens is 2. The second-order valence-electron chi connectivity index (χ2n) is 3.09. The first-order valence-electron chi connectivity index (χ1n) is 4.78. The van der Waals surface area contributed by atoms with E-state index < -0.39 is 4.92 Å². The predicted octanol–water partition coefficient (Wildman–Crippen LogP) is 3.65. The molecule has 0 aliphatic heterocycles. The van der Waals surface area contributed by atoms with Crippen LogP contribution in [0.2, 0.25) is 5.02 Å². The van der Waals surface area contributed by atoms with Crippen molar-refractivity contribution >= 4 is 28.9 Å². The van der Waals surface area contributed by atoms with Gasteiger partial charge in [-0.1, -0.05) is 17.7 Å². The molecular formula is C10H11Cl2NO3. The van der Waals surface area contributed by atoms with Gasteiger partial charge >= 0.3 is 5.69 Å². The summed E-state index contributed by atoms with van der Waals surface area (Å²) in [7, 11) is 0. The third-order valence-corrected chi connectivity index (χ3v) is 2.48. The monoisotopic (exact) mass is 263 g/mol. The highest BCUT2D eigenvalue weighted by Crippen LogP contribution is 2.34. The average molecular weight is 264 g/mol. The molecule has 1 aromatic rings. The number of nitro groups is 1. The van der Waals surface area contributed by atoms with Gasteiger partial charge in [0.2, 0.25) is 5.75 Å². The van der Waals surface area contributed by atoms with E-state index in [2.05, 4.69) is 0 Å². The lowest BCUT2D eigenvalue weighted by atomic mass is 10.3. The quantitative estimate of drug-likeness (QED) is 0.341. The summed E-state index contributed by atoms with van der Waals surface area (Å²) < 4.78 is 5.30. The largest absolute Gasteiger partial charge is 0.486 e. The molecule has 0 unspecified atom stereocenters. The molecule has 0 atom stereocenters. The van der Waals surface area contributed by atoms with Gasteiger partial charge < -0.3 is 4.74 Å². The molecule has 1 rings (SSSR count). The van der Waals surface area contributed by atoms with Crippen molar-refractivity contribution in [1.82, 2.24) is 0 Å². The summed E-state index contributed by atoms with van der Waals surface area (Å²) in [5.74, 6) is 0.678. The average Bonchev–Trinajstić information content (AvgIpc) is 2.25. The van der Waals surface area contributed by atoms with Crippen molar-refractivity contribution in [3.05, 3.63) is 33.3 Å². The van der Waals surface area contributed by atoms with Crippen molar-refractivity contribution in [3.63, 3.8) is 0 Å². The summed E-state index contributed by atoms with van der Waals surface area (Å²) in [6.45, 7) is 0.372. The Hall–Kier alpha value is -1.000. The Kier molecular flexibility index (Phi) is 5.35. The van der Waals surface area contributed by atoms with Gasteiger partial charge in [0.15, 0.2) is 0 Å². The number of benzene rings is 1. The Labute approximate surface area is 103 Å². The Morgan fingerprint density at radius 1 is 1.38 bits per heavy atom. The number of ether oxygens (including phenoxy) is 1. The first-order valence-corrected chi connectivity index (χ1v) is 5.69. The third-order valence-electron chi connectivity index (χ3n) is 1.92. The van der Waals surface area contributed by atoms with Crippen molar-refractivity contribution in [2.45, 2.75) is 12.8 Å². The normalized spacial score (nSPS) is 10.1. The first kappa shape index (κ1) is 13.1. The summed E-state index contributed by atoms with van der Waals surface area (Å²) in [5.41, 5.74) is -0.113. The Morgan fingerprint density at radius 3 is 2.75 bits per heavy atom. The zero-order chi connectivity index (χ0) is 12.0. The molecule has 6 heteroatoms. The molecule has 0 aliphatic carbocycles. The minimum Gasteiger partial charge on any atom is -0.486 e. The van der Waals surface area contributed by atoms with Crippen LogP contribution in [0.5, 0.6) is 5.75 Å². The minimum absolute atomic E-state index is 0.113. The molecule has 0 aromatic heterocycles. The SMILES string of the molecule is O=[N+]([O-])c1cccc(Cl)c1OCCCCCl. The van der Waals surface area contributed by atoms with E-state index in [0.29, 0.717) is 12.5 Å². The molecule has 0 fully saturated rings. The van der Waals surface area contributed by atoms with Crippen molar-refractivity contribution in [1.29, 1.82) is 0 Å². The van der Waals surface area contributed by atoms with Crippen LogP contribution in [0.25, 0.3) is 0 Å². The van der Waals surface area contributed by atoms with Crippen LogP contribution >= 0.6 is 23.2 Å². The Morgan fingerprint density at radius 2 is 2.12 bits per heavy atom. The van der Waals surface area contributed by atoms with Gasteiger partial charge in [-0.3, -0.25) is 10.1 Å². The van der Waals surface area contributed by atoms with E-state index in [1.165, 1.54) is 12.1 Å². The number of nitro benzene ring substituents is 1. The van der Waals surface area contributed by atoms with Crippen LogP contribution in [0.15, 0.2) is 18.2 Å². The summed E-state index contributed by atoms with van der Waals surface area (Å²) in [4.78, 5) is 10.2. The van der Waals surface area contributed by atoms with Gasteiger partial charge in [-0.15, -0.1) is 11.6 Å². The summed E-state index contributed by atoms with van der Waals surface area (Å²) in [6.07, 6.45) is 1.55. The molecular weight excluding hydrogens is 253 g/mol. The Bertz CT molecular complexity index is 371. The number of para-hydroxylation sites is 1.